The van der Waals surface area contributed by atoms with E-state index in [2.05, 4.69) is 27.4 Å². The summed E-state index contributed by atoms with van der Waals surface area (Å²) in [7, 11) is 0. The summed E-state index contributed by atoms with van der Waals surface area (Å²) in [4.78, 5) is 0. The Morgan fingerprint density at radius 3 is 1.65 bits per heavy atom. The molecule has 0 N–H and O–H groups in total. The van der Waals surface area contributed by atoms with E-state index in [-0.39, 0.29) is 0 Å². The average molecular weight is 240 g/mol. The molecule has 0 aliphatic heterocycles. The van der Waals surface area contributed by atoms with Crippen LogP contribution in [0, 0.1) is 5.41 Å². The second kappa shape index (κ2) is 13.5. The number of hydrogen-bond acceptors (Lipinski definition) is 0. The summed E-state index contributed by atoms with van der Waals surface area (Å²) < 4.78 is 0. The van der Waals surface area contributed by atoms with E-state index >= 15 is 0 Å². The third kappa shape index (κ3) is 8.24. The van der Waals surface area contributed by atoms with Crippen LogP contribution in [-0.4, -0.2) is 0 Å². The molecule has 1 aliphatic rings. The Balaban J connectivity index is -0.000000285. The maximum Gasteiger partial charge on any atom is -0.0104 e. The van der Waals surface area contributed by atoms with Crippen LogP contribution in [-0.2, 0) is 0 Å². The molecule has 0 atom stereocenters. The zero-order chi connectivity index (χ0) is 14.5. The molecule has 1 rings (SSSR count). The highest BCUT2D eigenvalue weighted by Crippen LogP contribution is 2.40. The van der Waals surface area contributed by atoms with Crippen molar-refractivity contribution in [2.75, 3.05) is 0 Å². The predicted molar refractivity (Wildman–Crippen MR) is 84.6 cm³/mol. The summed E-state index contributed by atoms with van der Waals surface area (Å²) in [5, 5.41) is 0. The van der Waals surface area contributed by atoms with Crippen LogP contribution in [0.5, 0.6) is 0 Å². The zero-order valence-electron chi connectivity index (χ0n) is 13.9. The van der Waals surface area contributed by atoms with E-state index in [1.165, 1.54) is 30.4 Å². The fraction of sp³-hybridized carbons (Fsp3) is 0.765. The molecule has 0 unspecified atom stereocenters. The molecule has 0 aromatic carbocycles. The second-order valence-corrected chi connectivity index (χ2v) is 4.14. The molecule has 0 spiro atoms. The van der Waals surface area contributed by atoms with Crippen molar-refractivity contribution < 1.29 is 0 Å². The van der Waals surface area contributed by atoms with Gasteiger partial charge in [0, 0.05) is 0 Å². The lowest BCUT2D eigenvalue weighted by atomic mass is 9.73. The van der Waals surface area contributed by atoms with Crippen molar-refractivity contribution in [2.24, 2.45) is 5.41 Å². The number of allylic oxidation sites excluding steroid dienone is 3. The summed E-state index contributed by atoms with van der Waals surface area (Å²) in [6, 6.07) is 0. The fourth-order valence-electron chi connectivity index (χ4n) is 2.09. The average Bonchev–Trinajstić information content (AvgIpc) is 2.36. The first-order chi connectivity index (χ1) is 8.08. The molecule has 0 saturated carbocycles. The molecule has 0 heterocycles. The summed E-state index contributed by atoms with van der Waals surface area (Å²) >= 11 is 0. The molecule has 0 bridgehead atoms. The molecule has 0 amide bonds. The topological polar surface area (TPSA) is 0 Å². The van der Waals surface area contributed by atoms with Crippen molar-refractivity contribution in [3.05, 3.63) is 23.8 Å². The molecule has 0 aromatic rings. The van der Waals surface area contributed by atoms with Crippen LogP contribution in [0.25, 0.3) is 0 Å². The Kier molecular flexibility index (Phi) is 17.3. The van der Waals surface area contributed by atoms with Gasteiger partial charge in [0.25, 0.3) is 0 Å². The van der Waals surface area contributed by atoms with Gasteiger partial charge in [-0.2, -0.15) is 0 Å². The first-order valence-electron chi connectivity index (χ1n) is 7.40. The minimum Gasteiger partial charge on any atom is -0.0988 e. The van der Waals surface area contributed by atoms with Gasteiger partial charge in [0.1, 0.15) is 0 Å². The molecular weight excluding hydrogens is 204 g/mol. The lowest BCUT2D eigenvalue weighted by Crippen LogP contribution is -2.18. The quantitative estimate of drug-likeness (QED) is 0.474. The molecule has 0 aromatic heterocycles. The third-order valence-electron chi connectivity index (χ3n) is 2.75. The monoisotopic (exact) mass is 240 g/mol. The van der Waals surface area contributed by atoms with E-state index in [1.54, 1.807) is 0 Å². The molecule has 1 aliphatic carbocycles. The van der Waals surface area contributed by atoms with E-state index in [0.717, 1.165) is 0 Å². The van der Waals surface area contributed by atoms with Gasteiger partial charge in [0.05, 0.1) is 0 Å². The van der Waals surface area contributed by atoms with Crippen LogP contribution >= 0.6 is 0 Å². The van der Waals surface area contributed by atoms with Crippen LogP contribution in [0.1, 0.15) is 81.6 Å². The third-order valence-corrected chi connectivity index (χ3v) is 2.75. The van der Waals surface area contributed by atoms with Crippen LogP contribution in [0.15, 0.2) is 23.8 Å². The van der Waals surface area contributed by atoms with Crippen LogP contribution in [0.3, 0.4) is 0 Å². The zero-order valence-corrected chi connectivity index (χ0v) is 13.9. The molecule has 17 heavy (non-hydrogen) atoms. The molecule has 104 valence electrons. The molecule has 0 nitrogen and oxygen atoms in total. The van der Waals surface area contributed by atoms with Crippen LogP contribution in [0.2, 0.25) is 0 Å². The number of hydrogen-bond donors (Lipinski definition) is 0. The standard InChI is InChI=1S/C11H18.3C2H6/c1-5-10-9(2)7-6-8-11(10,3)4;3*1-2/h5H,1,6-8H2,2-4H3;3*1-2H3. The Hall–Kier alpha value is -0.520. The normalized spacial score (nSPS) is 16.3. The number of rotatable bonds is 1. The first kappa shape index (κ1) is 21.7. The maximum atomic E-state index is 3.87. The minimum absolute atomic E-state index is 0.379. The summed E-state index contributed by atoms with van der Waals surface area (Å²) in [6.45, 7) is 22.7. The van der Waals surface area contributed by atoms with Gasteiger partial charge in [-0.1, -0.05) is 73.6 Å². The van der Waals surface area contributed by atoms with Crippen molar-refractivity contribution in [3.63, 3.8) is 0 Å². The molecule has 0 radical (unpaired) electrons. The summed E-state index contributed by atoms with van der Waals surface area (Å²) in [5.74, 6) is 0. The van der Waals surface area contributed by atoms with Crippen molar-refractivity contribution in [2.45, 2.75) is 81.6 Å². The highest BCUT2D eigenvalue weighted by molar-refractivity contribution is 5.31. The van der Waals surface area contributed by atoms with Gasteiger partial charge in [-0.25, -0.2) is 0 Å². The minimum atomic E-state index is 0.379. The smallest absolute Gasteiger partial charge is 0.0104 e. The molecule has 0 heteroatoms. The van der Waals surface area contributed by atoms with Gasteiger partial charge < -0.3 is 0 Å². The van der Waals surface area contributed by atoms with Gasteiger partial charge in [0.2, 0.25) is 0 Å². The van der Waals surface area contributed by atoms with Gasteiger partial charge in [0.15, 0.2) is 0 Å². The largest absolute Gasteiger partial charge is 0.0988 e. The Morgan fingerprint density at radius 1 is 1.00 bits per heavy atom. The van der Waals surface area contributed by atoms with Gasteiger partial charge in [-0.3, -0.25) is 0 Å². The summed E-state index contributed by atoms with van der Waals surface area (Å²) in [6.07, 6.45) is 5.96. The Bertz CT molecular complexity index is 194. The van der Waals surface area contributed by atoms with Crippen molar-refractivity contribution in [1.29, 1.82) is 0 Å². The Morgan fingerprint density at radius 2 is 1.41 bits per heavy atom. The second-order valence-electron chi connectivity index (χ2n) is 4.14. The van der Waals surface area contributed by atoms with Gasteiger partial charge in [-0.15, -0.1) is 0 Å². The van der Waals surface area contributed by atoms with Crippen molar-refractivity contribution in [3.8, 4) is 0 Å². The van der Waals surface area contributed by atoms with E-state index in [9.17, 15) is 0 Å². The maximum absolute atomic E-state index is 3.87. The van der Waals surface area contributed by atoms with Crippen molar-refractivity contribution >= 4 is 0 Å². The van der Waals surface area contributed by atoms with Crippen LogP contribution in [0.4, 0.5) is 0 Å². The first-order valence-corrected chi connectivity index (χ1v) is 7.40. The lowest BCUT2D eigenvalue weighted by Gasteiger charge is -2.32. The van der Waals surface area contributed by atoms with Gasteiger partial charge >= 0.3 is 0 Å². The van der Waals surface area contributed by atoms with Crippen LogP contribution < -0.4 is 0 Å². The van der Waals surface area contributed by atoms with Gasteiger partial charge in [-0.05, 0) is 37.2 Å². The Labute approximate surface area is 111 Å². The van der Waals surface area contributed by atoms with E-state index < -0.39 is 0 Å². The van der Waals surface area contributed by atoms with E-state index in [4.69, 9.17) is 0 Å². The predicted octanol–water partition coefficient (Wildman–Crippen LogP) is 6.78. The molecule has 0 saturated heterocycles. The fourth-order valence-corrected chi connectivity index (χ4v) is 2.09. The van der Waals surface area contributed by atoms with Crippen molar-refractivity contribution in [1.82, 2.24) is 0 Å². The lowest BCUT2D eigenvalue weighted by molar-refractivity contribution is 0.377. The summed E-state index contributed by atoms with van der Waals surface area (Å²) in [5.41, 5.74) is 3.39. The SMILES string of the molecule is C=CC1=C(C)CCCC1(C)C.CC.CC.CC. The van der Waals surface area contributed by atoms with E-state index in [1.807, 2.05) is 47.6 Å². The highest BCUT2D eigenvalue weighted by Gasteiger charge is 2.25. The highest BCUT2D eigenvalue weighted by atomic mass is 14.3. The molecule has 0 fully saturated rings. The molecular formula is C17H36. The van der Waals surface area contributed by atoms with E-state index in [0.29, 0.717) is 5.41 Å².